The number of aliphatic hydroxyl groups excluding tert-OH is 1. The van der Waals surface area contributed by atoms with Gasteiger partial charge in [0.25, 0.3) is 0 Å². The fourth-order valence-electron chi connectivity index (χ4n) is 5.60. The Labute approximate surface area is 206 Å². The lowest BCUT2D eigenvalue weighted by molar-refractivity contribution is -0.155. The number of anilines is 1. The van der Waals surface area contributed by atoms with Crippen LogP contribution in [0.5, 0.6) is 0 Å². The molecule has 0 aliphatic carbocycles. The highest BCUT2D eigenvalue weighted by Crippen LogP contribution is 2.60. The Balaban J connectivity index is 1.77. The lowest BCUT2D eigenvalue weighted by Gasteiger charge is -2.38. The molecule has 33 heavy (non-hydrogen) atoms. The van der Waals surface area contributed by atoms with E-state index in [9.17, 15) is 19.5 Å². The van der Waals surface area contributed by atoms with Crippen molar-refractivity contribution >= 4 is 51.0 Å². The molecule has 3 saturated heterocycles. The summed E-state index contributed by atoms with van der Waals surface area (Å²) in [5.74, 6) is -3.10. The summed E-state index contributed by atoms with van der Waals surface area (Å²) >= 11 is 9.56. The first kappa shape index (κ1) is 24.4. The minimum atomic E-state index is -1.20. The van der Waals surface area contributed by atoms with Crippen molar-refractivity contribution in [2.75, 3.05) is 18.5 Å². The fraction of sp³-hybridized carbons (Fsp3) is 0.609. The highest BCUT2D eigenvalue weighted by atomic mass is 79.9. The van der Waals surface area contributed by atoms with Crippen molar-refractivity contribution in [2.45, 2.75) is 55.8 Å². The number of amides is 2. The van der Waals surface area contributed by atoms with Crippen LogP contribution in [0.15, 0.2) is 24.3 Å². The Bertz CT molecular complexity index is 943. The average molecular weight is 544 g/mol. The SMILES string of the molecule is CCOC(=O)[C@@H]1[C@H]2O[C@@]3(CC2Br)[C@H](C(=O)Nc2ccc(Cl)cc2)N([C@@H](CO)C(C)C)C(=O)[C@@H]13. The third-order valence-electron chi connectivity index (χ3n) is 6.96. The van der Waals surface area contributed by atoms with Crippen molar-refractivity contribution in [3.8, 4) is 0 Å². The molecule has 1 aromatic carbocycles. The number of likely N-dealkylation sites (tertiary alicyclic amines) is 1. The molecule has 2 amide bonds. The van der Waals surface area contributed by atoms with E-state index in [1.165, 1.54) is 4.90 Å². The summed E-state index contributed by atoms with van der Waals surface area (Å²) in [6.07, 6.45) is -0.187. The average Bonchev–Trinajstić information content (AvgIpc) is 3.34. The summed E-state index contributed by atoms with van der Waals surface area (Å²) in [7, 11) is 0. The second-order valence-electron chi connectivity index (χ2n) is 9.15. The Morgan fingerprint density at radius 2 is 2.03 bits per heavy atom. The maximum Gasteiger partial charge on any atom is 0.312 e. The van der Waals surface area contributed by atoms with Gasteiger partial charge < -0.3 is 24.8 Å². The Hall–Kier alpha value is -1.68. The van der Waals surface area contributed by atoms with E-state index in [2.05, 4.69) is 21.2 Å². The zero-order chi connectivity index (χ0) is 24.1. The molecule has 2 N–H and O–H groups in total. The van der Waals surface area contributed by atoms with Crippen LogP contribution in [0.1, 0.15) is 27.2 Å². The van der Waals surface area contributed by atoms with Gasteiger partial charge in [0.15, 0.2) is 0 Å². The number of nitrogens with zero attached hydrogens (tertiary/aromatic N) is 1. The summed E-state index contributed by atoms with van der Waals surface area (Å²) in [6.45, 7) is 5.32. The van der Waals surface area contributed by atoms with Gasteiger partial charge in [-0.05, 0) is 43.5 Å². The standard InChI is InChI=1S/C23H28BrClN2O6/c1-4-32-22(31)16-17-21(30)27(15(10-28)11(2)3)19(23(17)9-14(24)18(16)33-23)20(29)26-13-7-5-12(25)6-8-13/h5-8,11,14-19,28H,4,9-10H2,1-3H3,(H,26,29)/t14?,15-,16-,17+,18-,19-,23+/m0/s1. The molecule has 4 rings (SSSR count). The van der Waals surface area contributed by atoms with E-state index in [1.54, 1.807) is 31.2 Å². The summed E-state index contributed by atoms with van der Waals surface area (Å²) in [4.78, 5) is 41.6. The first-order chi connectivity index (χ1) is 15.7. The molecule has 7 atom stereocenters. The molecule has 3 fully saturated rings. The number of carbonyl (C=O) groups is 3. The summed E-state index contributed by atoms with van der Waals surface area (Å²) in [6, 6.07) is 5.02. The van der Waals surface area contributed by atoms with Gasteiger partial charge in [-0.2, -0.15) is 0 Å². The number of benzene rings is 1. The smallest absolute Gasteiger partial charge is 0.312 e. The summed E-state index contributed by atoms with van der Waals surface area (Å²) in [5, 5.41) is 13.6. The molecular weight excluding hydrogens is 516 g/mol. The molecule has 8 nitrogen and oxygen atoms in total. The monoisotopic (exact) mass is 542 g/mol. The van der Waals surface area contributed by atoms with Gasteiger partial charge in [-0.15, -0.1) is 0 Å². The Morgan fingerprint density at radius 1 is 1.36 bits per heavy atom. The van der Waals surface area contributed by atoms with E-state index < -0.39 is 47.5 Å². The number of carbonyl (C=O) groups excluding carboxylic acids is 3. The van der Waals surface area contributed by atoms with Crippen molar-refractivity contribution in [3.63, 3.8) is 0 Å². The van der Waals surface area contributed by atoms with Crippen LogP contribution in [-0.2, 0) is 23.9 Å². The fourth-order valence-corrected chi connectivity index (χ4v) is 6.66. The Kier molecular flexibility index (Phi) is 6.79. The van der Waals surface area contributed by atoms with Gasteiger partial charge in [-0.3, -0.25) is 14.4 Å². The Morgan fingerprint density at radius 3 is 2.61 bits per heavy atom. The van der Waals surface area contributed by atoms with E-state index >= 15 is 0 Å². The van der Waals surface area contributed by atoms with Gasteiger partial charge in [0.2, 0.25) is 11.8 Å². The van der Waals surface area contributed by atoms with E-state index in [0.717, 1.165) is 0 Å². The maximum atomic E-state index is 13.8. The molecule has 1 spiro atoms. The molecule has 3 aliphatic heterocycles. The van der Waals surface area contributed by atoms with Crippen molar-refractivity contribution in [2.24, 2.45) is 17.8 Å². The van der Waals surface area contributed by atoms with Crippen LogP contribution in [0.3, 0.4) is 0 Å². The number of halogens is 2. The molecule has 3 heterocycles. The minimum Gasteiger partial charge on any atom is -0.466 e. The predicted molar refractivity (Wildman–Crippen MR) is 125 cm³/mol. The van der Waals surface area contributed by atoms with Crippen LogP contribution in [0.25, 0.3) is 0 Å². The van der Waals surface area contributed by atoms with Crippen LogP contribution >= 0.6 is 27.5 Å². The number of esters is 1. The topological polar surface area (TPSA) is 105 Å². The largest absolute Gasteiger partial charge is 0.466 e. The summed E-state index contributed by atoms with van der Waals surface area (Å²) in [5.41, 5.74) is -0.682. The lowest BCUT2D eigenvalue weighted by atomic mass is 9.70. The van der Waals surface area contributed by atoms with Crippen LogP contribution in [0.4, 0.5) is 5.69 Å². The number of hydrogen-bond acceptors (Lipinski definition) is 6. The van der Waals surface area contributed by atoms with Crippen LogP contribution in [0.2, 0.25) is 5.02 Å². The zero-order valence-electron chi connectivity index (χ0n) is 18.7. The maximum absolute atomic E-state index is 13.8. The van der Waals surface area contributed by atoms with E-state index in [-0.39, 0.29) is 29.9 Å². The van der Waals surface area contributed by atoms with E-state index in [4.69, 9.17) is 21.1 Å². The van der Waals surface area contributed by atoms with E-state index in [0.29, 0.717) is 17.1 Å². The van der Waals surface area contributed by atoms with Gasteiger partial charge in [0.1, 0.15) is 11.6 Å². The zero-order valence-corrected chi connectivity index (χ0v) is 21.0. The highest BCUT2D eigenvalue weighted by Gasteiger charge is 2.77. The van der Waals surface area contributed by atoms with E-state index in [1.807, 2.05) is 13.8 Å². The second kappa shape index (κ2) is 9.17. The van der Waals surface area contributed by atoms with Gasteiger partial charge in [-0.25, -0.2) is 0 Å². The van der Waals surface area contributed by atoms with Gasteiger partial charge >= 0.3 is 5.97 Å². The first-order valence-electron chi connectivity index (χ1n) is 11.1. The number of rotatable bonds is 7. The van der Waals surface area contributed by atoms with Gasteiger partial charge in [0.05, 0.1) is 37.2 Å². The number of nitrogens with one attached hydrogen (secondary N) is 1. The minimum absolute atomic E-state index is 0.127. The molecule has 3 aliphatic rings. The lowest BCUT2D eigenvalue weighted by Crippen LogP contribution is -2.57. The molecule has 0 aromatic heterocycles. The van der Waals surface area contributed by atoms with Crippen molar-refractivity contribution in [1.29, 1.82) is 0 Å². The van der Waals surface area contributed by atoms with Crippen LogP contribution in [-0.4, -0.2) is 69.6 Å². The molecule has 10 heteroatoms. The third kappa shape index (κ3) is 3.87. The first-order valence-corrected chi connectivity index (χ1v) is 12.4. The number of alkyl halides is 1. The molecule has 1 aromatic rings. The molecule has 0 saturated carbocycles. The normalized spacial score (nSPS) is 33.4. The number of aliphatic hydroxyl groups is 1. The van der Waals surface area contributed by atoms with Crippen molar-refractivity contribution in [1.82, 2.24) is 4.90 Å². The van der Waals surface area contributed by atoms with Crippen molar-refractivity contribution in [3.05, 3.63) is 29.3 Å². The third-order valence-corrected chi connectivity index (χ3v) is 8.06. The number of ether oxygens (including phenoxy) is 2. The molecule has 1 unspecified atom stereocenters. The quantitative estimate of drug-likeness (QED) is 0.405. The van der Waals surface area contributed by atoms with Crippen LogP contribution < -0.4 is 5.32 Å². The molecule has 2 bridgehead atoms. The predicted octanol–water partition coefficient (Wildman–Crippen LogP) is 2.61. The van der Waals surface area contributed by atoms with Gasteiger partial charge in [0, 0.05) is 15.5 Å². The van der Waals surface area contributed by atoms with Crippen LogP contribution in [0, 0.1) is 17.8 Å². The van der Waals surface area contributed by atoms with Gasteiger partial charge in [-0.1, -0.05) is 41.4 Å². The number of hydrogen-bond donors (Lipinski definition) is 2. The highest BCUT2D eigenvalue weighted by molar-refractivity contribution is 9.09. The van der Waals surface area contributed by atoms with Crippen molar-refractivity contribution < 1.29 is 29.0 Å². The molecule has 180 valence electrons. The number of fused-ring (bicyclic) bond motifs is 1. The molecule has 0 radical (unpaired) electrons. The summed E-state index contributed by atoms with van der Waals surface area (Å²) < 4.78 is 11.6. The molecular formula is C23H28BrClN2O6. The second-order valence-corrected chi connectivity index (χ2v) is 10.8.